The molecule has 0 aliphatic carbocycles. The standard InChI is InChI=1S/C20H28N2O5/c1-3-20(4-2,19(25)26)13-21-17(23)6-5-11-27-15-8-9-16-14(12-15)7-10-18(24)22-16/h8-9,12H,3-7,10-11,13H2,1-2H3,(H,21,23)(H,22,24)(H,25,26). The third-order valence-corrected chi connectivity index (χ3v) is 5.22. The smallest absolute Gasteiger partial charge is 0.311 e. The van der Waals surface area contributed by atoms with Crippen molar-refractivity contribution in [2.75, 3.05) is 18.5 Å². The highest BCUT2D eigenvalue weighted by atomic mass is 16.5. The Kier molecular flexibility index (Phi) is 7.21. The molecule has 0 spiro atoms. The molecule has 0 aromatic heterocycles. The lowest BCUT2D eigenvalue weighted by Crippen LogP contribution is -2.42. The summed E-state index contributed by atoms with van der Waals surface area (Å²) in [7, 11) is 0. The van der Waals surface area contributed by atoms with Gasteiger partial charge in [-0.3, -0.25) is 14.4 Å². The average molecular weight is 376 g/mol. The summed E-state index contributed by atoms with van der Waals surface area (Å²) in [5.41, 5.74) is 0.978. The van der Waals surface area contributed by atoms with Gasteiger partial charge >= 0.3 is 5.97 Å². The molecule has 7 heteroatoms. The highest BCUT2D eigenvalue weighted by molar-refractivity contribution is 5.94. The molecule has 1 aliphatic heterocycles. The minimum Gasteiger partial charge on any atom is -0.494 e. The largest absolute Gasteiger partial charge is 0.494 e. The molecule has 0 fully saturated rings. The molecule has 2 amide bonds. The zero-order valence-corrected chi connectivity index (χ0v) is 16.0. The van der Waals surface area contributed by atoms with E-state index in [1.807, 2.05) is 26.0 Å². The van der Waals surface area contributed by atoms with Crippen molar-refractivity contribution >= 4 is 23.5 Å². The number of aryl methyl sites for hydroxylation is 1. The third kappa shape index (κ3) is 5.45. The quantitative estimate of drug-likeness (QED) is 0.545. The van der Waals surface area contributed by atoms with E-state index in [2.05, 4.69) is 10.6 Å². The zero-order valence-electron chi connectivity index (χ0n) is 16.0. The molecule has 0 saturated heterocycles. The molecule has 1 aliphatic rings. The SMILES string of the molecule is CCC(CC)(CNC(=O)CCCOc1ccc2c(c1)CCC(=O)N2)C(=O)O. The highest BCUT2D eigenvalue weighted by Crippen LogP contribution is 2.27. The molecule has 1 aromatic carbocycles. The highest BCUT2D eigenvalue weighted by Gasteiger charge is 2.34. The van der Waals surface area contributed by atoms with Crippen LogP contribution >= 0.6 is 0 Å². The summed E-state index contributed by atoms with van der Waals surface area (Å²) in [6, 6.07) is 5.54. The van der Waals surface area contributed by atoms with Gasteiger partial charge in [-0.25, -0.2) is 0 Å². The van der Waals surface area contributed by atoms with Gasteiger partial charge in [-0.05, 0) is 49.4 Å². The Bertz CT molecular complexity index is 698. The maximum absolute atomic E-state index is 12.0. The van der Waals surface area contributed by atoms with Crippen molar-refractivity contribution in [3.05, 3.63) is 23.8 Å². The minimum absolute atomic E-state index is 0.0280. The van der Waals surface area contributed by atoms with Gasteiger partial charge < -0.3 is 20.5 Å². The van der Waals surface area contributed by atoms with Gasteiger partial charge in [0.1, 0.15) is 5.75 Å². The monoisotopic (exact) mass is 376 g/mol. The van der Waals surface area contributed by atoms with E-state index in [1.165, 1.54) is 0 Å². The van der Waals surface area contributed by atoms with Crippen LogP contribution in [0.15, 0.2) is 18.2 Å². The van der Waals surface area contributed by atoms with E-state index in [1.54, 1.807) is 6.07 Å². The van der Waals surface area contributed by atoms with Crippen LogP contribution in [-0.2, 0) is 20.8 Å². The van der Waals surface area contributed by atoms with Crippen LogP contribution in [0.25, 0.3) is 0 Å². The number of carboxylic acids is 1. The number of carboxylic acid groups (broad SMARTS) is 1. The lowest BCUT2D eigenvalue weighted by Gasteiger charge is -2.26. The fraction of sp³-hybridized carbons (Fsp3) is 0.550. The first kappa shape index (κ1) is 20.7. The first-order valence-corrected chi connectivity index (χ1v) is 9.46. The first-order valence-electron chi connectivity index (χ1n) is 9.46. The van der Waals surface area contributed by atoms with E-state index in [4.69, 9.17) is 4.74 Å². The van der Waals surface area contributed by atoms with Gasteiger partial charge in [-0.1, -0.05) is 13.8 Å². The van der Waals surface area contributed by atoms with Gasteiger partial charge in [-0.2, -0.15) is 0 Å². The van der Waals surface area contributed by atoms with Crippen LogP contribution in [0.2, 0.25) is 0 Å². The van der Waals surface area contributed by atoms with Crippen molar-refractivity contribution in [1.29, 1.82) is 0 Å². The maximum atomic E-state index is 12.0. The number of carbonyl (C=O) groups is 3. The Morgan fingerprint density at radius 1 is 1.26 bits per heavy atom. The number of aliphatic carboxylic acids is 1. The van der Waals surface area contributed by atoms with Crippen LogP contribution in [0, 0.1) is 5.41 Å². The molecule has 0 unspecified atom stereocenters. The number of anilines is 1. The van der Waals surface area contributed by atoms with Gasteiger partial charge in [-0.15, -0.1) is 0 Å². The van der Waals surface area contributed by atoms with E-state index in [0.29, 0.717) is 44.5 Å². The van der Waals surface area contributed by atoms with E-state index in [-0.39, 0.29) is 24.8 Å². The second-order valence-electron chi connectivity index (χ2n) is 6.89. The number of carbonyl (C=O) groups excluding carboxylic acids is 2. The van der Waals surface area contributed by atoms with Crippen LogP contribution < -0.4 is 15.4 Å². The molecule has 0 saturated carbocycles. The molecular weight excluding hydrogens is 348 g/mol. The lowest BCUT2D eigenvalue weighted by atomic mass is 9.82. The second kappa shape index (κ2) is 9.39. The molecule has 3 N–H and O–H groups in total. The average Bonchev–Trinajstić information content (AvgIpc) is 2.66. The fourth-order valence-electron chi connectivity index (χ4n) is 3.11. The van der Waals surface area contributed by atoms with E-state index >= 15 is 0 Å². The summed E-state index contributed by atoms with van der Waals surface area (Å²) >= 11 is 0. The summed E-state index contributed by atoms with van der Waals surface area (Å²) < 4.78 is 5.69. The molecule has 27 heavy (non-hydrogen) atoms. The Hall–Kier alpha value is -2.57. The van der Waals surface area contributed by atoms with Crippen LogP contribution in [0.1, 0.15) is 51.5 Å². The maximum Gasteiger partial charge on any atom is 0.311 e. The molecule has 2 rings (SSSR count). The number of benzene rings is 1. The van der Waals surface area contributed by atoms with Crippen molar-refractivity contribution < 1.29 is 24.2 Å². The number of hydrogen-bond donors (Lipinski definition) is 3. The molecule has 1 heterocycles. The number of fused-ring (bicyclic) bond motifs is 1. The van der Waals surface area contributed by atoms with Crippen LogP contribution in [0.5, 0.6) is 5.75 Å². The van der Waals surface area contributed by atoms with Crippen LogP contribution in [0.3, 0.4) is 0 Å². The van der Waals surface area contributed by atoms with Crippen LogP contribution in [-0.4, -0.2) is 36.0 Å². The van der Waals surface area contributed by atoms with Gasteiger partial charge in [0, 0.05) is 25.1 Å². The Morgan fingerprint density at radius 2 is 2.00 bits per heavy atom. The Morgan fingerprint density at radius 3 is 2.67 bits per heavy atom. The van der Waals surface area contributed by atoms with Crippen molar-refractivity contribution in [3.63, 3.8) is 0 Å². The van der Waals surface area contributed by atoms with Crippen LogP contribution in [0.4, 0.5) is 5.69 Å². The summed E-state index contributed by atoms with van der Waals surface area (Å²) in [5, 5.41) is 14.9. The normalized spacial score (nSPS) is 13.5. The molecule has 0 bridgehead atoms. The fourth-order valence-corrected chi connectivity index (χ4v) is 3.11. The topological polar surface area (TPSA) is 105 Å². The molecule has 7 nitrogen and oxygen atoms in total. The number of nitrogens with one attached hydrogen (secondary N) is 2. The second-order valence-corrected chi connectivity index (χ2v) is 6.89. The summed E-state index contributed by atoms with van der Waals surface area (Å²) in [5.74, 6) is -0.300. The summed E-state index contributed by atoms with van der Waals surface area (Å²) in [4.78, 5) is 34.8. The van der Waals surface area contributed by atoms with Crippen molar-refractivity contribution in [1.82, 2.24) is 5.32 Å². The molecule has 0 radical (unpaired) electrons. The van der Waals surface area contributed by atoms with E-state index in [0.717, 1.165) is 11.3 Å². The zero-order chi connectivity index (χ0) is 19.9. The lowest BCUT2D eigenvalue weighted by molar-refractivity contribution is -0.149. The van der Waals surface area contributed by atoms with Gasteiger partial charge in [0.05, 0.1) is 12.0 Å². The van der Waals surface area contributed by atoms with E-state index in [9.17, 15) is 19.5 Å². The third-order valence-electron chi connectivity index (χ3n) is 5.22. The Labute approximate surface area is 159 Å². The number of hydrogen-bond acceptors (Lipinski definition) is 4. The Balaban J connectivity index is 1.73. The first-order chi connectivity index (χ1) is 12.9. The predicted octanol–water partition coefficient (Wildman–Crippen LogP) is 2.74. The van der Waals surface area contributed by atoms with E-state index < -0.39 is 11.4 Å². The summed E-state index contributed by atoms with van der Waals surface area (Å²) in [6.45, 7) is 4.18. The molecule has 0 atom stereocenters. The molecular formula is C20H28N2O5. The van der Waals surface area contributed by atoms with Crippen molar-refractivity contribution in [3.8, 4) is 5.75 Å². The van der Waals surface area contributed by atoms with Gasteiger partial charge in [0.15, 0.2) is 0 Å². The number of amides is 2. The molecule has 1 aromatic rings. The van der Waals surface area contributed by atoms with Gasteiger partial charge in [0.25, 0.3) is 0 Å². The predicted molar refractivity (Wildman–Crippen MR) is 102 cm³/mol. The van der Waals surface area contributed by atoms with Crippen molar-refractivity contribution in [2.24, 2.45) is 5.41 Å². The van der Waals surface area contributed by atoms with Crippen molar-refractivity contribution in [2.45, 2.75) is 52.4 Å². The number of ether oxygens (including phenoxy) is 1. The van der Waals surface area contributed by atoms with Gasteiger partial charge in [0.2, 0.25) is 11.8 Å². The number of rotatable bonds is 10. The molecule has 148 valence electrons. The minimum atomic E-state index is -0.898. The summed E-state index contributed by atoms with van der Waals surface area (Å²) in [6.07, 6.45) is 2.94.